The summed E-state index contributed by atoms with van der Waals surface area (Å²) < 4.78 is 0. The lowest BCUT2D eigenvalue weighted by molar-refractivity contribution is -0.131. The van der Waals surface area contributed by atoms with Gasteiger partial charge >= 0.3 is 0 Å². The zero-order chi connectivity index (χ0) is 15.6. The lowest BCUT2D eigenvalue weighted by Crippen LogP contribution is -2.53. The maximum absolute atomic E-state index is 11.8. The maximum Gasteiger partial charge on any atom is 0.236 e. The molecular weight excluding hydrogens is 268 g/mol. The highest BCUT2D eigenvalue weighted by Crippen LogP contribution is 2.22. The molecule has 0 saturated carbocycles. The number of likely N-dealkylation sites (tertiary alicyclic amines) is 1. The second kappa shape index (κ2) is 6.75. The van der Waals surface area contributed by atoms with Gasteiger partial charge in [-0.15, -0.1) is 0 Å². The van der Waals surface area contributed by atoms with Crippen LogP contribution in [-0.4, -0.2) is 97.4 Å². The van der Waals surface area contributed by atoms with Crippen LogP contribution >= 0.6 is 0 Å². The number of hydrogen-bond acceptors (Lipinski definition) is 4. The number of likely N-dealkylation sites (N-methyl/N-ethyl adjacent to an activating group) is 1. The summed E-state index contributed by atoms with van der Waals surface area (Å²) >= 11 is 0. The molecule has 21 heavy (non-hydrogen) atoms. The van der Waals surface area contributed by atoms with Crippen molar-refractivity contribution in [1.29, 1.82) is 0 Å². The van der Waals surface area contributed by atoms with Crippen LogP contribution in [0.5, 0.6) is 0 Å². The Morgan fingerprint density at radius 3 is 2.24 bits per heavy atom. The normalized spacial score (nSPS) is 27.9. The van der Waals surface area contributed by atoms with Crippen molar-refractivity contribution in [3.8, 4) is 0 Å². The molecule has 2 fully saturated rings. The predicted molar refractivity (Wildman–Crippen MR) is 81.9 cm³/mol. The fourth-order valence-electron chi connectivity index (χ4n) is 3.35. The van der Waals surface area contributed by atoms with Crippen molar-refractivity contribution < 1.29 is 9.59 Å². The van der Waals surface area contributed by atoms with Gasteiger partial charge in [-0.2, -0.15) is 0 Å². The van der Waals surface area contributed by atoms with Gasteiger partial charge in [0.15, 0.2) is 0 Å². The Morgan fingerprint density at radius 1 is 1.10 bits per heavy atom. The van der Waals surface area contributed by atoms with Crippen LogP contribution in [0.25, 0.3) is 0 Å². The first-order valence-electron chi connectivity index (χ1n) is 7.80. The molecule has 2 atom stereocenters. The number of rotatable bonds is 3. The highest BCUT2D eigenvalue weighted by molar-refractivity contribution is 5.77. The van der Waals surface area contributed by atoms with E-state index >= 15 is 0 Å². The van der Waals surface area contributed by atoms with Crippen LogP contribution in [-0.2, 0) is 9.59 Å². The van der Waals surface area contributed by atoms with Crippen molar-refractivity contribution in [3.05, 3.63) is 0 Å². The molecule has 2 saturated heterocycles. The molecule has 0 bridgehead atoms. The van der Waals surface area contributed by atoms with Crippen molar-refractivity contribution in [2.45, 2.75) is 19.9 Å². The summed E-state index contributed by atoms with van der Waals surface area (Å²) in [5, 5.41) is 0. The Balaban J connectivity index is 1.85. The molecule has 2 aliphatic heterocycles. The van der Waals surface area contributed by atoms with E-state index in [1.807, 2.05) is 4.90 Å². The van der Waals surface area contributed by atoms with Crippen molar-refractivity contribution in [2.75, 3.05) is 59.9 Å². The van der Waals surface area contributed by atoms with E-state index in [-0.39, 0.29) is 11.8 Å². The summed E-state index contributed by atoms with van der Waals surface area (Å²) in [5.74, 6) is 0.917. The summed E-state index contributed by atoms with van der Waals surface area (Å²) in [5.41, 5.74) is 0. The molecule has 0 radical (unpaired) electrons. The first kappa shape index (κ1) is 16.2. The first-order chi connectivity index (χ1) is 9.88. The Hall–Kier alpha value is -1.14. The van der Waals surface area contributed by atoms with Gasteiger partial charge < -0.3 is 9.80 Å². The van der Waals surface area contributed by atoms with E-state index in [2.05, 4.69) is 16.7 Å². The molecule has 0 N–H and O–H groups in total. The molecule has 2 amide bonds. The molecule has 0 aliphatic carbocycles. The summed E-state index contributed by atoms with van der Waals surface area (Å²) in [4.78, 5) is 31.5. The Labute approximate surface area is 127 Å². The summed E-state index contributed by atoms with van der Waals surface area (Å²) in [6, 6.07) is 0.508. The van der Waals surface area contributed by atoms with Crippen LogP contribution < -0.4 is 0 Å². The van der Waals surface area contributed by atoms with Crippen LogP contribution in [0.15, 0.2) is 0 Å². The molecule has 0 aromatic rings. The van der Waals surface area contributed by atoms with E-state index in [0.717, 1.165) is 39.3 Å². The van der Waals surface area contributed by atoms with E-state index in [4.69, 9.17) is 0 Å². The largest absolute Gasteiger partial charge is 0.348 e. The second-order valence-corrected chi connectivity index (χ2v) is 6.57. The number of carbonyl (C=O) groups excluding carboxylic acids is 2. The Bertz CT molecular complexity index is 391. The van der Waals surface area contributed by atoms with E-state index in [1.54, 1.807) is 25.9 Å². The van der Waals surface area contributed by atoms with Gasteiger partial charge in [-0.3, -0.25) is 19.4 Å². The molecule has 120 valence electrons. The molecule has 6 nitrogen and oxygen atoms in total. The highest BCUT2D eigenvalue weighted by Gasteiger charge is 2.36. The van der Waals surface area contributed by atoms with Gasteiger partial charge in [-0.25, -0.2) is 0 Å². The van der Waals surface area contributed by atoms with Gasteiger partial charge in [0.1, 0.15) is 0 Å². The zero-order valence-electron chi connectivity index (χ0n) is 13.7. The molecule has 2 heterocycles. The fourth-order valence-corrected chi connectivity index (χ4v) is 3.35. The van der Waals surface area contributed by atoms with Gasteiger partial charge in [-0.1, -0.05) is 6.92 Å². The topological polar surface area (TPSA) is 47.1 Å². The fraction of sp³-hybridized carbons (Fsp3) is 0.867. The Morgan fingerprint density at radius 2 is 1.71 bits per heavy atom. The third kappa shape index (κ3) is 3.95. The van der Waals surface area contributed by atoms with E-state index < -0.39 is 0 Å². The minimum Gasteiger partial charge on any atom is -0.348 e. The van der Waals surface area contributed by atoms with Crippen LogP contribution in [0.4, 0.5) is 0 Å². The number of amides is 2. The average molecular weight is 296 g/mol. The third-order valence-electron chi connectivity index (χ3n) is 4.73. The van der Waals surface area contributed by atoms with Crippen LogP contribution in [0.1, 0.15) is 13.8 Å². The Kier molecular flexibility index (Phi) is 5.22. The second-order valence-electron chi connectivity index (χ2n) is 6.57. The van der Waals surface area contributed by atoms with Gasteiger partial charge in [-0.05, 0) is 5.92 Å². The summed E-state index contributed by atoms with van der Waals surface area (Å²) in [7, 11) is 3.61. The first-order valence-corrected chi connectivity index (χ1v) is 7.80. The summed E-state index contributed by atoms with van der Waals surface area (Å²) in [6.07, 6.45) is 0. The van der Waals surface area contributed by atoms with Crippen molar-refractivity contribution in [3.63, 3.8) is 0 Å². The molecule has 0 spiro atoms. The molecule has 2 rings (SSSR count). The smallest absolute Gasteiger partial charge is 0.236 e. The van der Waals surface area contributed by atoms with Crippen molar-refractivity contribution >= 4 is 11.8 Å². The average Bonchev–Trinajstić information content (AvgIpc) is 2.79. The van der Waals surface area contributed by atoms with E-state index in [1.165, 1.54) is 0 Å². The zero-order valence-corrected chi connectivity index (χ0v) is 13.7. The highest BCUT2D eigenvalue weighted by atomic mass is 16.2. The molecule has 2 aliphatic rings. The third-order valence-corrected chi connectivity index (χ3v) is 4.73. The SMILES string of the molecule is CC(=O)N1CCN([C@@H]2CN(CC(=O)N(C)C)C[C@@H]2C)CC1. The molecule has 0 unspecified atom stereocenters. The van der Waals surface area contributed by atoms with Gasteiger partial charge in [0.25, 0.3) is 0 Å². The summed E-state index contributed by atoms with van der Waals surface area (Å²) in [6.45, 7) is 9.92. The molecule has 6 heteroatoms. The lowest BCUT2D eigenvalue weighted by Gasteiger charge is -2.39. The van der Waals surface area contributed by atoms with Crippen molar-refractivity contribution in [1.82, 2.24) is 19.6 Å². The quantitative estimate of drug-likeness (QED) is 0.708. The minimum absolute atomic E-state index is 0.171. The van der Waals surface area contributed by atoms with Gasteiger partial charge in [0, 0.05) is 66.3 Å². The van der Waals surface area contributed by atoms with Gasteiger partial charge in [0.2, 0.25) is 11.8 Å². The monoisotopic (exact) mass is 296 g/mol. The van der Waals surface area contributed by atoms with Gasteiger partial charge in [0.05, 0.1) is 6.54 Å². The van der Waals surface area contributed by atoms with E-state index in [9.17, 15) is 9.59 Å². The molecular formula is C15H28N4O2. The van der Waals surface area contributed by atoms with Crippen molar-refractivity contribution in [2.24, 2.45) is 5.92 Å². The minimum atomic E-state index is 0.171. The predicted octanol–water partition coefficient (Wildman–Crippen LogP) is -0.441. The number of carbonyl (C=O) groups is 2. The van der Waals surface area contributed by atoms with E-state index in [0.29, 0.717) is 18.5 Å². The number of nitrogens with zero attached hydrogens (tertiary/aromatic N) is 4. The number of hydrogen-bond donors (Lipinski definition) is 0. The van der Waals surface area contributed by atoms with Crippen LogP contribution in [0, 0.1) is 5.92 Å². The lowest BCUT2D eigenvalue weighted by atomic mass is 10.0. The number of piperazine rings is 1. The molecule has 0 aromatic carbocycles. The molecule has 0 aromatic heterocycles. The standard InChI is InChI=1S/C15H28N4O2/c1-12-9-17(11-15(21)16(3)4)10-14(12)19-7-5-18(6-8-19)13(2)20/h12,14H,5-11H2,1-4H3/t12-,14+/m0/s1. The van der Waals surface area contributed by atoms with Crippen LogP contribution in [0.3, 0.4) is 0 Å². The maximum atomic E-state index is 11.8. The van der Waals surface area contributed by atoms with Crippen LogP contribution in [0.2, 0.25) is 0 Å².